The predicted molar refractivity (Wildman–Crippen MR) is 174 cm³/mol. The Labute approximate surface area is 267 Å². The van der Waals surface area contributed by atoms with Crippen molar-refractivity contribution in [2.75, 3.05) is 0 Å². The topological polar surface area (TPSA) is 160 Å². The summed E-state index contributed by atoms with van der Waals surface area (Å²) >= 11 is 0. The number of phosphoric acid groups is 3. The zero-order valence-electron chi connectivity index (χ0n) is 26.6. The van der Waals surface area contributed by atoms with E-state index in [4.69, 9.17) is 14.3 Å². The van der Waals surface area contributed by atoms with Crippen molar-refractivity contribution >= 4 is 40.8 Å². The molecule has 2 rings (SSSR count). The van der Waals surface area contributed by atoms with Gasteiger partial charge in [0.2, 0.25) is 0 Å². The van der Waals surface area contributed by atoms with Gasteiger partial charge in [-0.05, 0) is 55.0 Å². The van der Waals surface area contributed by atoms with Crippen LogP contribution in [0, 0.1) is 0 Å². The van der Waals surface area contributed by atoms with Crippen LogP contribution < -0.4 is 0 Å². The molecule has 2 aromatic carbocycles. The van der Waals surface area contributed by atoms with Crippen molar-refractivity contribution in [3.8, 4) is 0 Å². The van der Waals surface area contributed by atoms with Crippen molar-refractivity contribution in [3.63, 3.8) is 0 Å². The van der Waals surface area contributed by atoms with Crippen LogP contribution in [0.3, 0.4) is 0 Å². The number of hydrogen-bond donors (Lipinski definition) is 4. The molecule has 10 nitrogen and oxygen atoms in total. The first-order valence-corrected chi connectivity index (χ1v) is 18.1. The summed E-state index contributed by atoms with van der Waals surface area (Å²) < 4.78 is 50.6. The first kappa shape index (κ1) is 40.4. The lowest BCUT2D eigenvalue weighted by atomic mass is 9.74. The van der Waals surface area contributed by atoms with Crippen LogP contribution in [0.15, 0.2) is 36.4 Å². The van der Waals surface area contributed by atoms with Crippen molar-refractivity contribution in [1.29, 1.82) is 0 Å². The van der Waals surface area contributed by atoms with Gasteiger partial charge in [-0.3, -0.25) is 4.52 Å². The molecule has 0 fully saturated rings. The second-order valence-electron chi connectivity index (χ2n) is 14.7. The van der Waals surface area contributed by atoms with Gasteiger partial charge < -0.3 is 19.6 Å². The summed E-state index contributed by atoms with van der Waals surface area (Å²) in [6, 6.07) is 11.4. The van der Waals surface area contributed by atoms with Crippen LogP contribution in [0.2, 0.25) is 0 Å². The summed E-state index contributed by atoms with van der Waals surface area (Å²) in [5.74, 6) is 0. The van der Waals surface area contributed by atoms with E-state index in [1.54, 1.807) is 12.1 Å². The molecule has 0 aromatic heterocycles. The van der Waals surface area contributed by atoms with E-state index in [0.29, 0.717) is 11.1 Å². The Bertz CT molecular complexity index is 1360. The second-order valence-corrected chi connectivity index (χ2v) is 19.1. The third-order valence-corrected chi connectivity index (χ3v) is 10.5. The lowest BCUT2D eigenvalue weighted by Crippen LogP contribution is -2.24. The number of hydrogen-bond acceptors (Lipinski definition) is 6. The molecular formula is C29H50AlO10P3. The second kappa shape index (κ2) is 13.2. The van der Waals surface area contributed by atoms with Gasteiger partial charge in [-0.2, -0.15) is 8.62 Å². The maximum absolute atomic E-state index is 13.3. The highest BCUT2D eigenvalue weighted by atomic mass is 31.3. The number of rotatable bonds is 8. The molecule has 0 amide bonds. The van der Waals surface area contributed by atoms with Crippen LogP contribution >= 0.6 is 23.5 Å². The van der Waals surface area contributed by atoms with Gasteiger partial charge in [0.05, 0.1) is 0 Å². The maximum atomic E-state index is 13.3. The molecule has 0 aliphatic heterocycles. The van der Waals surface area contributed by atoms with Crippen molar-refractivity contribution < 1.29 is 46.4 Å². The molecule has 0 spiro atoms. The minimum Gasteiger partial charge on any atom is -0.302 e. The standard InChI is InChI=1S/C29H47O10P3.Al.3H/c1-26(2,3)19-13-15-21(23(17-19)28(7,8)9)25(37-41(33,34)39-42(35,36)38-40(30,31)32)22-16-14-20(27(4,5)6)18-24(22)29(10,11)12;;;;/h13-18,25H,1-12H3,(H,33,34)(H,35,36)(H2,30,31,32);;;;. The Hall–Kier alpha value is -0.618. The zero-order valence-corrected chi connectivity index (χ0v) is 29.3. The van der Waals surface area contributed by atoms with E-state index in [2.05, 4.69) is 50.2 Å². The van der Waals surface area contributed by atoms with E-state index in [-0.39, 0.29) is 28.2 Å². The molecule has 14 heteroatoms. The average molecular weight is 679 g/mol. The Morgan fingerprint density at radius 1 is 0.558 bits per heavy atom. The molecule has 0 heterocycles. The normalized spacial score (nSPS) is 16.4. The molecule has 0 saturated heterocycles. The summed E-state index contributed by atoms with van der Waals surface area (Å²) in [4.78, 5) is 38.6. The average Bonchev–Trinajstić information content (AvgIpc) is 2.71. The largest absolute Gasteiger partial charge is 0.490 e. The van der Waals surface area contributed by atoms with Gasteiger partial charge in [-0.1, -0.05) is 119 Å². The van der Waals surface area contributed by atoms with Gasteiger partial charge in [0.25, 0.3) is 0 Å². The number of phosphoric ester groups is 1. The monoisotopic (exact) mass is 678 g/mol. The molecule has 2 atom stereocenters. The van der Waals surface area contributed by atoms with Gasteiger partial charge >= 0.3 is 23.5 Å². The van der Waals surface area contributed by atoms with Crippen LogP contribution in [-0.2, 0) is 48.5 Å². The van der Waals surface area contributed by atoms with E-state index in [1.165, 1.54) is 0 Å². The fraction of sp³-hybridized carbons (Fsp3) is 0.586. The minimum atomic E-state index is -5.72. The van der Waals surface area contributed by atoms with Crippen LogP contribution in [0.4, 0.5) is 0 Å². The molecule has 0 bridgehead atoms. The highest BCUT2D eigenvalue weighted by molar-refractivity contribution is 7.66. The van der Waals surface area contributed by atoms with Crippen molar-refractivity contribution in [3.05, 3.63) is 69.8 Å². The van der Waals surface area contributed by atoms with Gasteiger partial charge in [0, 0.05) is 0 Å². The first-order valence-electron chi connectivity index (χ1n) is 13.5. The quantitative estimate of drug-likeness (QED) is 0.167. The van der Waals surface area contributed by atoms with E-state index in [9.17, 15) is 23.5 Å². The van der Waals surface area contributed by atoms with Gasteiger partial charge in [-0.15, -0.1) is 0 Å². The Morgan fingerprint density at radius 3 is 1.19 bits per heavy atom. The summed E-state index contributed by atoms with van der Waals surface area (Å²) in [7, 11) is -16.8. The molecule has 43 heavy (non-hydrogen) atoms. The minimum absolute atomic E-state index is 0. The van der Waals surface area contributed by atoms with Crippen molar-refractivity contribution in [2.24, 2.45) is 0 Å². The molecule has 0 aliphatic carbocycles. The van der Waals surface area contributed by atoms with Gasteiger partial charge in [0.15, 0.2) is 17.4 Å². The van der Waals surface area contributed by atoms with Crippen molar-refractivity contribution in [2.45, 2.75) is 111 Å². The summed E-state index contributed by atoms with van der Waals surface area (Å²) in [5, 5.41) is 0. The molecule has 0 aliphatic rings. The van der Waals surface area contributed by atoms with Crippen LogP contribution in [0.1, 0.15) is 123 Å². The van der Waals surface area contributed by atoms with Gasteiger partial charge in [0.1, 0.15) is 6.10 Å². The molecule has 244 valence electrons. The smallest absolute Gasteiger partial charge is 0.302 e. The summed E-state index contributed by atoms with van der Waals surface area (Å²) in [5.41, 5.74) is 3.33. The third-order valence-electron chi connectivity index (χ3n) is 6.67. The Morgan fingerprint density at radius 2 is 0.907 bits per heavy atom. The molecule has 0 radical (unpaired) electrons. The van der Waals surface area contributed by atoms with Crippen LogP contribution in [-0.4, -0.2) is 36.9 Å². The molecule has 0 saturated carbocycles. The van der Waals surface area contributed by atoms with Crippen LogP contribution in [0.5, 0.6) is 0 Å². The zero-order chi connectivity index (χ0) is 32.9. The predicted octanol–water partition coefficient (Wildman–Crippen LogP) is 7.13. The van der Waals surface area contributed by atoms with Crippen LogP contribution in [0.25, 0.3) is 0 Å². The SMILES string of the molecule is CC(C)(C)c1ccc(C(OP(=O)(O)OP(=O)(O)OP(=O)(O)O)c2ccc(C(C)(C)C)cc2C(C)(C)C)c(C(C)(C)C)c1.[AlH3]. The summed E-state index contributed by atoms with van der Waals surface area (Å²) in [6.07, 6.45) is -1.29. The van der Waals surface area contributed by atoms with Crippen molar-refractivity contribution in [1.82, 2.24) is 0 Å². The molecular weight excluding hydrogens is 628 g/mol. The maximum Gasteiger partial charge on any atom is 0.490 e. The van der Waals surface area contributed by atoms with E-state index < -0.39 is 40.4 Å². The van der Waals surface area contributed by atoms with E-state index in [1.807, 2.05) is 65.8 Å². The molecule has 4 N–H and O–H groups in total. The molecule has 2 aromatic rings. The lowest BCUT2D eigenvalue weighted by molar-refractivity contribution is 0.143. The fourth-order valence-electron chi connectivity index (χ4n) is 4.52. The first-order chi connectivity index (χ1) is 18.4. The third kappa shape index (κ3) is 11.6. The highest BCUT2D eigenvalue weighted by Gasteiger charge is 2.43. The number of benzene rings is 2. The molecule has 2 unspecified atom stereocenters. The highest BCUT2D eigenvalue weighted by Crippen LogP contribution is 2.67. The van der Waals surface area contributed by atoms with E-state index in [0.717, 1.165) is 22.3 Å². The lowest BCUT2D eigenvalue weighted by Gasteiger charge is -2.34. The Balaban J connectivity index is 0.00000924. The van der Waals surface area contributed by atoms with Gasteiger partial charge in [-0.25, -0.2) is 13.7 Å². The fourth-order valence-corrected chi connectivity index (χ4v) is 7.67. The summed E-state index contributed by atoms with van der Waals surface area (Å²) in [6.45, 7) is 24.4. The van der Waals surface area contributed by atoms with E-state index >= 15 is 0 Å². The Kier molecular flexibility index (Phi) is 12.4.